The fourth-order valence-electron chi connectivity index (χ4n) is 6.07. The highest BCUT2D eigenvalue weighted by atomic mass is 16.6. The van der Waals surface area contributed by atoms with Gasteiger partial charge in [0.2, 0.25) is 5.91 Å². The molecule has 6 rings (SSSR count). The number of amides is 1. The summed E-state index contributed by atoms with van der Waals surface area (Å²) in [6.45, 7) is -0.0272. The molecule has 39 heavy (non-hydrogen) atoms. The van der Waals surface area contributed by atoms with Crippen molar-refractivity contribution >= 4 is 34.6 Å². The number of ketones is 1. The van der Waals surface area contributed by atoms with Crippen LogP contribution in [-0.2, 0) is 15.0 Å². The first-order chi connectivity index (χ1) is 18.9. The largest absolute Gasteiger partial charge is 0.309 e. The number of hydrogen-bond acceptors (Lipinski definition) is 6. The van der Waals surface area contributed by atoms with Crippen molar-refractivity contribution in [3.05, 3.63) is 106 Å². The van der Waals surface area contributed by atoms with Crippen LogP contribution in [0.15, 0.2) is 89.9 Å². The van der Waals surface area contributed by atoms with E-state index >= 15 is 0 Å². The van der Waals surface area contributed by atoms with Crippen LogP contribution in [0, 0.1) is 33.8 Å². The second-order valence-corrected chi connectivity index (χ2v) is 9.47. The van der Waals surface area contributed by atoms with Gasteiger partial charge in [0.05, 0.1) is 22.7 Å². The molecule has 1 amide bonds. The molecular weight excluding hydrogens is 494 g/mol. The quantitative estimate of drug-likeness (QED) is 0.287. The van der Waals surface area contributed by atoms with Gasteiger partial charge < -0.3 is 4.57 Å². The fraction of sp³-hybridized carbons (Fsp3) is 0.167. The van der Waals surface area contributed by atoms with E-state index in [9.17, 15) is 25.0 Å². The molecule has 190 valence electrons. The number of benzene rings is 2. The molecule has 1 unspecified atom stereocenters. The number of Topliss-reactive ketones (excluding diaryl/α,β-unsaturated/α-hetero) is 1. The van der Waals surface area contributed by atoms with Gasteiger partial charge in [-0.25, -0.2) is 0 Å². The zero-order valence-electron chi connectivity index (χ0n) is 20.7. The van der Waals surface area contributed by atoms with Crippen LogP contribution in [0.1, 0.15) is 24.8 Å². The Morgan fingerprint density at radius 3 is 2.54 bits per heavy atom. The normalized spacial score (nSPS) is 20.2. The molecule has 9 heteroatoms. The fourth-order valence-corrected chi connectivity index (χ4v) is 6.07. The zero-order valence-corrected chi connectivity index (χ0v) is 20.7. The Morgan fingerprint density at radius 1 is 1.05 bits per heavy atom. The molecule has 0 saturated heterocycles. The van der Waals surface area contributed by atoms with Crippen LogP contribution in [0.25, 0.3) is 5.82 Å². The Morgan fingerprint density at radius 2 is 1.82 bits per heavy atom. The molecule has 9 nitrogen and oxygen atoms in total. The minimum absolute atomic E-state index is 0.0272. The van der Waals surface area contributed by atoms with Gasteiger partial charge in [0.25, 0.3) is 5.69 Å². The molecule has 1 aromatic heterocycles. The van der Waals surface area contributed by atoms with Gasteiger partial charge in [0, 0.05) is 53.5 Å². The highest BCUT2D eigenvalue weighted by molar-refractivity contribution is 6.22. The topological polar surface area (TPSA) is 112 Å². The third kappa shape index (κ3) is 3.20. The lowest BCUT2D eigenvalue weighted by atomic mass is 9.63. The molecule has 2 aliphatic heterocycles. The Bertz CT molecular complexity index is 1720. The Hall–Kier alpha value is -5.41. The highest BCUT2D eigenvalue weighted by Gasteiger charge is 2.62. The number of aromatic nitrogens is 1. The van der Waals surface area contributed by atoms with E-state index in [1.807, 2.05) is 0 Å². The molecular formula is C30H21N5O4. The van der Waals surface area contributed by atoms with E-state index in [1.165, 1.54) is 17.0 Å². The Balaban J connectivity index is 1.77. The summed E-state index contributed by atoms with van der Waals surface area (Å²) in [4.78, 5) is 42.8. The third-order valence-corrected chi connectivity index (χ3v) is 7.51. The maximum Gasteiger partial charge on any atom is 0.271 e. The standard InChI is InChI=1S/C30H21N5O4/c1-2-15-33-24-12-4-3-11-22(24)30(29(33)37)23(19-31)28(32-16-5-6-17-32)34(25-13-8-14-26(36)27(25)30)20-9-7-10-21(18-20)35(38)39/h1,3-7,9-12,16-18H,8,13-15H2. The van der Waals surface area contributed by atoms with Crippen LogP contribution in [-0.4, -0.2) is 27.7 Å². The van der Waals surface area contributed by atoms with Crippen molar-refractivity contribution in [2.75, 3.05) is 16.3 Å². The smallest absolute Gasteiger partial charge is 0.271 e. The molecule has 3 aliphatic rings. The molecule has 1 spiro atoms. The van der Waals surface area contributed by atoms with Crippen molar-refractivity contribution in [2.24, 2.45) is 0 Å². The minimum atomic E-state index is -1.70. The van der Waals surface area contributed by atoms with E-state index in [0.29, 0.717) is 41.3 Å². The number of terminal acetylenes is 1. The summed E-state index contributed by atoms with van der Waals surface area (Å²) in [5.41, 5.74) is 0.469. The van der Waals surface area contributed by atoms with Crippen LogP contribution in [0.4, 0.5) is 17.1 Å². The number of para-hydroxylation sites is 1. The van der Waals surface area contributed by atoms with Crippen LogP contribution < -0.4 is 9.80 Å². The molecule has 0 fully saturated rings. The van der Waals surface area contributed by atoms with E-state index < -0.39 is 16.2 Å². The first-order valence-corrected chi connectivity index (χ1v) is 12.4. The van der Waals surface area contributed by atoms with E-state index in [-0.39, 0.29) is 35.6 Å². The number of hydrogen-bond donors (Lipinski definition) is 0. The molecule has 0 radical (unpaired) electrons. The SMILES string of the molecule is C#CCN1C(=O)C2(C(C#N)=C(n3cccc3)N(c3cccc([N+](=O)[O-])c3)C3=C2C(=O)CCC3)c2ccccc21. The molecule has 3 heterocycles. The average Bonchev–Trinajstić information content (AvgIpc) is 3.56. The molecule has 0 saturated carbocycles. The van der Waals surface area contributed by atoms with Crippen molar-refractivity contribution in [2.45, 2.75) is 24.7 Å². The molecule has 0 bridgehead atoms. The van der Waals surface area contributed by atoms with E-state index in [4.69, 9.17) is 6.42 Å². The van der Waals surface area contributed by atoms with E-state index in [0.717, 1.165) is 0 Å². The average molecular weight is 516 g/mol. The number of nitro groups is 1. The van der Waals surface area contributed by atoms with Gasteiger partial charge in [0.1, 0.15) is 17.3 Å². The molecule has 0 N–H and O–H groups in total. The molecule has 1 atom stereocenters. The van der Waals surface area contributed by atoms with Crippen molar-refractivity contribution in [1.82, 2.24) is 4.57 Å². The molecule has 2 aromatic carbocycles. The minimum Gasteiger partial charge on any atom is -0.309 e. The first-order valence-electron chi connectivity index (χ1n) is 12.4. The van der Waals surface area contributed by atoms with Crippen LogP contribution >= 0.6 is 0 Å². The number of nitrogens with zero attached hydrogens (tertiary/aromatic N) is 5. The van der Waals surface area contributed by atoms with Gasteiger partial charge >= 0.3 is 0 Å². The summed E-state index contributed by atoms with van der Waals surface area (Å²) >= 11 is 0. The van der Waals surface area contributed by atoms with Gasteiger partial charge in [0.15, 0.2) is 5.78 Å². The lowest BCUT2D eigenvalue weighted by Crippen LogP contribution is -2.51. The number of nitriles is 1. The van der Waals surface area contributed by atoms with Gasteiger partial charge in [-0.05, 0) is 37.1 Å². The predicted octanol–water partition coefficient (Wildman–Crippen LogP) is 4.53. The number of non-ortho nitro benzene ring substituents is 1. The summed E-state index contributed by atoms with van der Waals surface area (Å²) in [5.74, 6) is 2.18. The van der Waals surface area contributed by atoms with Gasteiger partial charge in [-0.1, -0.05) is 30.2 Å². The Kier molecular flexibility index (Phi) is 5.44. The summed E-state index contributed by atoms with van der Waals surface area (Å²) in [7, 11) is 0. The number of rotatable bonds is 4. The predicted molar refractivity (Wildman–Crippen MR) is 144 cm³/mol. The zero-order chi connectivity index (χ0) is 27.3. The maximum atomic E-state index is 14.5. The maximum absolute atomic E-state index is 14.5. The van der Waals surface area contributed by atoms with Crippen molar-refractivity contribution < 1.29 is 14.5 Å². The second-order valence-electron chi connectivity index (χ2n) is 9.47. The van der Waals surface area contributed by atoms with Crippen LogP contribution in [0.3, 0.4) is 0 Å². The monoisotopic (exact) mass is 515 g/mol. The summed E-state index contributed by atoms with van der Waals surface area (Å²) < 4.78 is 1.71. The number of allylic oxidation sites excluding steroid dienone is 1. The summed E-state index contributed by atoms with van der Waals surface area (Å²) in [5, 5.41) is 22.5. The van der Waals surface area contributed by atoms with Crippen molar-refractivity contribution in [3.63, 3.8) is 0 Å². The number of carbonyl (C=O) groups is 2. The highest BCUT2D eigenvalue weighted by Crippen LogP contribution is 2.58. The summed E-state index contributed by atoms with van der Waals surface area (Å²) in [6, 6.07) is 19.0. The van der Waals surface area contributed by atoms with E-state index in [1.54, 1.807) is 70.4 Å². The van der Waals surface area contributed by atoms with Crippen LogP contribution in [0.5, 0.6) is 0 Å². The lowest BCUT2D eigenvalue weighted by molar-refractivity contribution is -0.384. The summed E-state index contributed by atoms with van der Waals surface area (Å²) in [6.07, 6.45) is 10.3. The third-order valence-electron chi connectivity index (χ3n) is 7.51. The molecule has 3 aromatic rings. The van der Waals surface area contributed by atoms with Crippen molar-refractivity contribution in [3.8, 4) is 18.4 Å². The van der Waals surface area contributed by atoms with E-state index in [2.05, 4.69) is 12.0 Å². The number of nitro benzene ring substituents is 1. The second kappa shape index (κ2) is 8.86. The Labute approximate surface area is 224 Å². The van der Waals surface area contributed by atoms with Gasteiger partial charge in [-0.2, -0.15) is 5.26 Å². The number of anilines is 2. The van der Waals surface area contributed by atoms with Crippen LogP contribution in [0.2, 0.25) is 0 Å². The number of fused-ring (bicyclic) bond motifs is 3. The molecule has 1 aliphatic carbocycles. The van der Waals surface area contributed by atoms with Crippen molar-refractivity contribution in [1.29, 1.82) is 5.26 Å². The lowest BCUT2D eigenvalue weighted by Gasteiger charge is -2.45. The first kappa shape index (κ1) is 24.0. The van der Waals surface area contributed by atoms with Gasteiger partial charge in [-0.15, -0.1) is 6.42 Å². The number of carbonyl (C=O) groups excluding carboxylic acids is 2. The van der Waals surface area contributed by atoms with Gasteiger partial charge in [-0.3, -0.25) is 29.5 Å².